The van der Waals surface area contributed by atoms with Crippen LogP contribution in [0.25, 0.3) is 0 Å². The van der Waals surface area contributed by atoms with Crippen molar-refractivity contribution in [3.05, 3.63) is 0 Å². The molecule has 5 nitrogen and oxygen atoms in total. The molecule has 1 heterocycles. The number of carboxylic acids is 2. The summed E-state index contributed by atoms with van der Waals surface area (Å²) in [4.78, 5) is 24.7. The first kappa shape index (κ1) is 10.4. The van der Waals surface area contributed by atoms with Crippen molar-refractivity contribution in [1.82, 2.24) is 0 Å². The molecule has 0 aromatic rings. The molecule has 7 heteroatoms. The molecule has 0 aromatic heterocycles. The van der Waals surface area contributed by atoms with Gasteiger partial charge in [0.05, 0.1) is 5.75 Å². The van der Waals surface area contributed by atoms with Crippen molar-refractivity contribution in [2.75, 3.05) is 11.5 Å². The summed E-state index contributed by atoms with van der Waals surface area (Å²) in [6, 6.07) is -0.925. The molecule has 0 saturated carbocycles. The number of nitrogens with zero attached hydrogens (tertiary/aromatic N) is 1. The lowest BCUT2D eigenvalue weighted by atomic mass is 10.3. The van der Waals surface area contributed by atoms with E-state index in [9.17, 15) is 9.59 Å². The monoisotopic (exact) mass is 221 g/mol. The topological polar surface area (TPSA) is 87.0 Å². The van der Waals surface area contributed by atoms with Crippen LogP contribution in [0, 0.1) is 0 Å². The molecule has 1 aliphatic heterocycles. The molecule has 0 aromatic carbocycles. The second-order valence-electron chi connectivity index (χ2n) is 2.28. The summed E-state index contributed by atoms with van der Waals surface area (Å²) in [5.41, 5.74) is -0.0672. The molecule has 1 unspecified atom stereocenters. The molecule has 0 bridgehead atoms. The second-order valence-corrected chi connectivity index (χ2v) is 4.79. The summed E-state index contributed by atoms with van der Waals surface area (Å²) >= 11 is 0. The summed E-state index contributed by atoms with van der Waals surface area (Å²) < 4.78 is 0. The molecule has 1 aliphatic rings. The highest BCUT2D eigenvalue weighted by molar-refractivity contribution is 8.77. The van der Waals surface area contributed by atoms with E-state index in [1.54, 1.807) is 0 Å². The number of aliphatic imine (C=N–C) groups is 1. The standard InChI is InChI=1S/C6H7NO4S2/c8-5(9)3-1-12-13-2-4(7-3)6(10)11/h3H,1-2H2,(H,8,9)(H,10,11). The van der Waals surface area contributed by atoms with Gasteiger partial charge < -0.3 is 10.2 Å². The van der Waals surface area contributed by atoms with Crippen molar-refractivity contribution in [1.29, 1.82) is 0 Å². The average Bonchev–Trinajstić information content (AvgIpc) is 2.28. The van der Waals surface area contributed by atoms with Gasteiger partial charge in [-0.1, -0.05) is 21.6 Å². The fourth-order valence-electron chi connectivity index (χ4n) is 0.716. The van der Waals surface area contributed by atoms with E-state index in [0.717, 1.165) is 0 Å². The van der Waals surface area contributed by atoms with E-state index >= 15 is 0 Å². The number of aliphatic carboxylic acids is 2. The SMILES string of the molecule is O=C(O)C1=NC(C(=O)O)CSSC1. The Morgan fingerprint density at radius 3 is 2.62 bits per heavy atom. The van der Waals surface area contributed by atoms with Crippen molar-refractivity contribution in [2.24, 2.45) is 4.99 Å². The number of carbonyl (C=O) groups is 2. The highest BCUT2D eigenvalue weighted by atomic mass is 33.1. The Bertz CT molecular complexity index is 265. The van der Waals surface area contributed by atoms with Crippen LogP contribution in [0.3, 0.4) is 0 Å². The van der Waals surface area contributed by atoms with E-state index in [1.165, 1.54) is 21.6 Å². The molecule has 72 valence electrons. The molecular weight excluding hydrogens is 214 g/mol. The van der Waals surface area contributed by atoms with Crippen LogP contribution in [-0.2, 0) is 9.59 Å². The molecule has 0 aliphatic carbocycles. The maximum Gasteiger partial charge on any atom is 0.350 e. The molecule has 0 radical (unpaired) electrons. The number of rotatable bonds is 2. The van der Waals surface area contributed by atoms with Crippen LogP contribution in [0.15, 0.2) is 4.99 Å². The first-order chi connectivity index (χ1) is 6.11. The predicted octanol–water partition coefficient (Wildman–Crippen LogP) is 0.360. The number of hydrogen-bond donors (Lipinski definition) is 2. The summed E-state index contributed by atoms with van der Waals surface area (Å²) in [5, 5.41) is 17.3. The molecule has 1 rings (SSSR count). The predicted molar refractivity (Wildman–Crippen MR) is 51.4 cm³/mol. The van der Waals surface area contributed by atoms with Crippen LogP contribution in [0.5, 0.6) is 0 Å². The van der Waals surface area contributed by atoms with Gasteiger partial charge >= 0.3 is 11.9 Å². The Hall–Kier alpha value is -0.690. The zero-order chi connectivity index (χ0) is 9.84. The fraction of sp³-hybridized carbons (Fsp3) is 0.500. The van der Waals surface area contributed by atoms with Gasteiger partial charge in [-0.2, -0.15) is 0 Å². The molecule has 0 amide bonds. The van der Waals surface area contributed by atoms with Gasteiger partial charge in [0, 0.05) is 5.75 Å². The molecule has 2 N–H and O–H groups in total. The Morgan fingerprint density at radius 2 is 2.08 bits per heavy atom. The lowest BCUT2D eigenvalue weighted by molar-refractivity contribution is -0.137. The normalized spacial score (nSPS) is 23.1. The largest absolute Gasteiger partial charge is 0.480 e. The molecule has 0 saturated heterocycles. The van der Waals surface area contributed by atoms with Gasteiger partial charge in [0.25, 0.3) is 0 Å². The van der Waals surface area contributed by atoms with Crippen LogP contribution in [0.1, 0.15) is 0 Å². The maximum atomic E-state index is 10.6. The lowest BCUT2D eigenvalue weighted by Gasteiger charge is -2.02. The number of hydrogen-bond acceptors (Lipinski definition) is 5. The quantitative estimate of drug-likeness (QED) is 0.655. The first-order valence-electron chi connectivity index (χ1n) is 3.38. The van der Waals surface area contributed by atoms with E-state index in [-0.39, 0.29) is 11.5 Å². The van der Waals surface area contributed by atoms with Gasteiger partial charge in [-0.25, -0.2) is 9.59 Å². The summed E-state index contributed by atoms with van der Waals surface area (Å²) in [7, 11) is 2.65. The molecule has 0 spiro atoms. The maximum absolute atomic E-state index is 10.6. The second kappa shape index (κ2) is 4.52. The zero-order valence-corrected chi connectivity index (χ0v) is 8.10. The summed E-state index contributed by atoms with van der Waals surface area (Å²) in [5.74, 6) is -1.64. The smallest absolute Gasteiger partial charge is 0.350 e. The van der Waals surface area contributed by atoms with Crippen LogP contribution in [-0.4, -0.2) is 45.4 Å². The van der Waals surface area contributed by atoms with E-state index < -0.39 is 18.0 Å². The van der Waals surface area contributed by atoms with E-state index in [2.05, 4.69) is 4.99 Å². The highest BCUT2D eigenvalue weighted by Gasteiger charge is 2.23. The molecular formula is C6H7NO4S2. The van der Waals surface area contributed by atoms with Crippen molar-refractivity contribution < 1.29 is 19.8 Å². The summed E-state index contributed by atoms with van der Waals surface area (Å²) in [6.07, 6.45) is 0. The van der Waals surface area contributed by atoms with Crippen molar-refractivity contribution in [3.8, 4) is 0 Å². The van der Waals surface area contributed by atoms with Gasteiger partial charge in [0.1, 0.15) is 5.71 Å². The van der Waals surface area contributed by atoms with Crippen molar-refractivity contribution in [2.45, 2.75) is 6.04 Å². The van der Waals surface area contributed by atoms with Gasteiger partial charge in [-0.3, -0.25) is 4.99 Å². The Labute approximate surface area is 82.0 Å². The van der Waals surface area contributed by atoms with Gasteiger partial charge in [0.2, 0.25) is 0 Å². The Morgan fingerprint density at radius 1 is 1.38 bits per heavy atom. The lowest BCUT2D eigenvalue weighted by Crippen LogP contribution is -2.24. The van der Waals surface area contributed by atoms with Gasteiger partial charge in [0.15, 0.2) is 6.04 Å². The van der Waals surface area contributed by atoms with E-state index in [4.69, 9.17) is 10.2 Å². The Balaban J connectivity index is 2.80. The zero-order valence-electron chi connectivity index (χ0n) is 6.47. The van der Waals surface area contributed by atoms with Crippen LogP contribution in [0.4, 0.5) is 0 Å². The first-order valence-corrected chi connectivity index (χ1v) is 5.87. The molecule has 0 fully saturated rings. The van der Waals surface area contributed by atoms with E-state index in [0.29, 0.717) is 5.75 Å². The van der Waals surface area contributed by atoms with Gasteiger partial charge in [-0.05, 0) is 0 Å². The molecule has 13 heavy (non-hydrogen) atoms. The summed E-state index contributed by atoms with van der Waals surface area (Å²) in [6.45, 7) is 0. The van der Waals surface area contributed by atoms with Crippen LogP contribution < -0.4 is 0 Å². The third-order valence-corrected chi connectivity index (χ3v) is 3.62. The minimum atomic E-state index is -1.14. The minimum Gasteiger partial charge on any atom is -0.480 e. The van der Waals surface area contributed by atoms with Crippen molar-refractivity contribution >= 4 is 39.2 Å². The minimum absolute atomic E-state index is 0.0672. The highest BCUT2D eigenvalue weighted by Crippen LogP contribution is 2.26. The van der Waals surface area contributed by atoms with E-state index in [1.807, 2.05) is 0 Å². The third kappa shape index (κ3) is 2.92. The molecule has 1 atom stereocenters. The average molecular weight is 221 g/mol. The fourth-order valence-corrected chi connectivity index (χ4v) is 2.81. The van der Waals surface area contributed by atoms with Crippen molar-refractivity contribution in [3.63, 3.8) is 0 Å². The Kier molecular flexibility index (Phi) is 3.61. The van der Waals surface area contributed by atoms with Crippen LogP contribution >= 0.6 is 21.6 Å². The third-order valence-electron chi connectivity index (χ3n) is 1.35. The number of carboxylic acid groups (broad SMARTS) is 2. The van der Waals surface area contributed by atoms with Gasteiger partial charge in [-0.15, -0.1) is 0 Å². The van der Waals surface area contributed by atoms with Crippen LogP contribution in [0.2, 0.25) is 0 Å².